The van der Waals surface area contributed by atoms with Crippen molar-refractivity contribution >= 4 is 27.2 Å². The second kappa shape index (κ2) is 10.7. The van der Waals surface area contributed by atoms with Crippen LogP contribution in [0, 0.1) is 5.41 Å². The van der Waals surface area contributed by atoms with Gasteiger partial charge in [-0.05, 0) is 50.0 Å². The topological polar surface area (TPSA) is 115 Å². The highest BCUT2D eigenvalue weighted by molar-refractivity contribution is 7.90. The molecule has 0 saturated carbocycles. The molecule has 180 valence electrons. The van der Waals surface area contributed by atoms with Crippen molar-refractivity contribution in [3.05, 3.63) is 48.2 Å². The maximum absolute atomic E-state index is 12.9. The maximum Gasteiger partial charge on any atom is 0.432 e. The second-order valence-corrected chi connectivity index (χ2v) is 9.45. The Hall–Kier alpha value is -3.12. The van der Waals surface area contributed by atoms with E-state index in [2.05, 4.69) is 10.3 Å². The summed E-state index contributed by atoms with van der Waals surface area (Å²) >= 11 is 0. The lowest BCUT2D eigenvalue weighted by Gasteiger charge is -2.13. The zero-order valence-corrected chi connectivity index (χ0v) is 19.1. The van der Waals surface area contributed by atoms with Crippen molar-refractivity contribution in [3.63, 3.8) is 0 Å². The number of esters is 1. The lowest BCUT2D eigenvalue weighted by atomic mass is 10.2. The number of aromatic nitrogens is 1. The number of rotatable bonds is 10. The molecule has 1 aromatic heterocycles. The molecule has 0 radical (unpaired) electrons. The molecule has 0 bridgehead atoms. The summed E-state index contributed by atoms with van der Waals surface area (Å²) in [6, 6.07) is 9.07. The molecule has 0 atom stereocenters. The van der Waals surface area contributed by atoms with E-state index in [1.165, 1.54) is 18.2 Å². The van der Waals surface area contributed by atoms with Crippen LogP contribution in [0.3, 0.4) is 0 Å². The third-order valence-corrected chi connectivity index (χ3v) is 5.48. The third-order valence-electron chi connectivity index (χ3n) is 4.37. The Labute approximate surface area is 189 Å². The molecule has 3 N–H and O–H groups in total. The Morgan fingerprint density at radius 1 is 1.24 bits per heavy atom. The highest BCUT2D eigenvalue weighted by atomic mass is 32.2. The van der Waals surface area contributed by atoms with Crippen LogP contribution in [-0.4, -0.2) is 76.2 Å². The van der Waals surface area contributed by atoms with Crippen molar-refractivity contribution in [1.82, 2.24) is 15.2 Å². The van der Waals surface area contributed by atoms with E-state index >= 15 is 0 Å². The van der Waals surface area contributed by atoms with Crippen LogP contribution < -0.4 is 5.32 Å². The first-order valence-corrected chi connectivity index (χ1v) is 11.6. The van der Waals surface area contributed by atoms with E-state index in [0.717, 1.165) is 6.26 Å². The summed E-state index contributed by atoms with van der Waals surface area (Å²) in [5.74, 6) is -0.672. The predicted molar refractivity (Wildman–Crippen MR) is 119 cm³/mol. The van der Waals surface area contributed by atoms with Gasteiger partial charge in [-0.2, -0.15) is 13.2 Å². The minimum absolute atomic E-state index is 0.0874. The molecule has 2 aromatic rings. The van der Waals surface area contributed by atoms with E-state index in [0.29, 0.717) is 23.9 Å². The number of H-pyrrole nitrogens is 1. The van der Waals surface area contributed by atoms with Gasteiger partial charge in [0.05, 0.1) is 16.3 Å². The smallest absolute Gasteiger partial charge is 0.432 e. The average Bonchev–Trinajstić information content (AvgIpc) is 3.19. The van der Waals surface area contributed by atoms with Gasteiger partial charge in [0, 0.05) is 18.5 Å². The molecule has 0 saturated heterocycles. The first-order chi connectivity index (χ1) is 15.3. The number of ether oxygens (including phenoxy) is 1. The first kappa shape index (κ1) is 26.1. The average molecular weight is 487 g/mol. The molecule has 0 spiro atoms. The Bertz CT molecular complexity index is 1140. The molecule has 12 heteroatoms. The molecule has 8 nitrogen and oxygen atoms in total. The van der Waals surface area contributed by atoms with Crippen LogP contribution in [0.5, 0.6) is 0 Å². The van der Waals surface area contributed by atoms with Gasteiger partial charge >= 0.3 is 12.1 Å². The molecule has 0 fully saturated rings. The summed E-state index contributed by atoms with van der Waals surface area (Å²) in [6.07, 6.45) is -3.24. The Morgan fingerprint density at radius 3 is 2.55 bits per heavy atom. The van der Waals surface area contributed by atoms with E-state index in [1.54, 1.807) is 37.2 Å². The molecule has 0 amide bonds. The molecule has 1 aromatic carbocycles. The standard InChI is InChI=1S/C21H25F3N4O4S/c1-28(2)9-10-32-20(29)13-26-18(12-19(25)21(22,23)24)17-8-7-16(27-17)14-5-4-6-15(11-14)33(3,30)31/h4-8,11-12,25-27H,9-10,13H2,1-3H3/b18-12-,25-19?. The first-order valence-electron chi connectivity index (χ1n) is 9.69. The van der Waals surface area contributed by atoms with Gasteiger partial charge in [-0.15, -0.1) is 0 Å². The van der Waals surface area contributed by atoms with Gasteiger partial charge in [0.15, 0.2) is 9.84 Å². The molecule has 1 heterocycles. The van der Waals surface area contributed by atoms with E-state index in [1.807, 2.05) is 0 Å². The summed E-state index contributed by atoms with van der Waals surface area (Å²) in [5, 5.41) is 9.87. The van der Waals surface area contributed by atoms with Crippen molar-refractivity contribution in [1.29, 1.82) is 5.41 Å². The summed E-state index contributed by atoms with van der Waals surface area (Å²) in [4.78, 5) is 16.7. The number of halogens is 3. The van der Waals surface area contributed by atoms with Gasteiger partial charge < -0.3 is 19.9 Å². The van der Waals surface area contributed by atoms with Gasteiger partial charge in [-0.25, -0.2) is 8.42 Å². The summed E-state index contributed by atoms with van der Waals surface area (Å²) < 4.78 is 67.4. The van der Waals surface area contributed by atoms with Crippen molar-refractivity contribution < 1.29 is 31.1 Å². The normalized spacial score (nSPS) is 12.6. The largest absolute Gasteiger partial charge is 0.463 e. The predicted octanol–water partition coefficient (Wildman–Crippen LogP) is 2.70. The van der Waals surface area contributed by atoms with E-state index in [4.69, 9.17) is 10.1 Å². The van der Waals surface area contributed by atoms with Crippen LogP contribution in [0.1, 0.15) is 5.69 Å². The minimum Gasteiger partial charge on any atom is -0.463 e. The van der Waals surface area contributed by atoms with Gasteiger partial charge in [0.1, 0.15) is 18.9 Å². The Kier molecular flexibility index (Phi) is 8.45. The van der Waals surface area contributed by atoms with Crippen LogP contribution in [0.15, 0.2) is 47.4 Å². The fraction of sp³-hybridized carbons (Fsp3) is 0.333. The molecular formula is C21H25F3N4O4S. The van der Waals surface area contributed by atoms with Crippen LogP contribution in [0.2, 0.25) is 0 Å². The maximum atomic E-state index is 12.9. The fourth-order valence-corrected chi connectivity index (χ4v) is 3.29. The zero-order chi connectivity index (χ0) is 24.8. The highest BCUT2D eigenvalue weighted by Crippen LogP contribution is 2.25. The second-order valence-electron chi connectivity index (χ2n) is 7.43. The number of likely N-dealkylation sites (N-methyl/N-ethyl adjacent to an activating group) is 1. The number of benzene rings is 1. The fourth-order valence-electron chi connectivity index (χ4n) is 2.63. The number of carbonyl (C=O) groups is 1. The van der Waals surface area contributed by atoms with Crippen molar-refractivity contribution in [2.45, 2.75) is 11.1 Å². The van der Waals surface area contributed by atoms with Gasteiger partial charge in [0.2, 0.25) is 0 Å². The summed E-state index contributed by atoms with van der Waals surface area (Å²) in [6.45, 7) is 0.191. The zero-order valence-electron chi connectivity index (χ0n) is 18.3. The Morgan fingerprint density at radius 2 is 1.94 bits per heavy atom. The van der Waals surface area contributed by atoms with Gasteiger partial charge in [0.25, 0.3) is 0 Å². The number of nitrogens with one attached hydrogen (secondary N) is 3. The SMILES string of the molecule is CN(C)CCOC(=O)CN/C(=C\C(=N)C(F)(F)F)c1ccc(-c2cccc(S(C)(=O)=O)c2)[nH]1. The van der Waals surface area contributed by atoms with Crippen molar-refractivity contribution in [2.24, 2.45) is 0 Å². The van der Waals surface area contributed by atoms with E-state index < -0.39 is 34.2 Å². The number of alkyl halides is 3. The molecule has 0 unspecified atom stereocenters. The van der Waals surface area contributed by atoms with Crippen LogP contribution >= 0.6 is 0 Å². The van der Waals surface area contributed by atoms with Crippen LogP contribution in [0.4, 0.5) is 13.2 Å². The summed E-state index contributed by atoms with van der Waals surface area (Å²) in [5.41, 5.74) is -0.647. The number of carbonyl (C=O) groups excluding carboxylic acids is 1. The van der Waals surface area contributed by atoms with Gasteiger partial charge in [-0.3, -0.25) is 10.2 Å². The molecule has 0 aliphatic rings. The van der Waals surface area contributed by atoms with Crippen LogP contribution in [-0.2, 0) is 19.4 Å². The lowest BCUT2D eigenvalue weighted by Crippen LogP contribution is -2.28. The molecule has 0 aliphatic carbocycles. The molecule has 2 rings (SSSR count). The number of allylic oxidation sites excluding steroid dienone is 1. The van der Waals surface area contributed by atoms with Crippen LogP contribution in [0.25, 0.3) is 17.0 Å². The minimum atomic E-state index is -4.88. The number of hydrogen-bond donors (Lipinski definition) is 3. The molecule has 0 aliphatic heterocycles. The van der Waals surface area contributed by atoms with Crippen molar-refractivity contribution in [3.8, 4) is 11.3 Å². The van der Waals surface area contributed by atoms with Crippen molar-refractivity contribution in [2.75, 3.05) is 40.0 Å². The number of aromatic amines is 1. The van der Waals surface area contributed by atoms with E-state index in [-0.39, 0.29) is 22.9 Å². The Balaban J connectivity index is 2.28. The third kappa shape index (κ3) is 8.06. The number of nitrogens with zero attached hydrogens (tertiary/aromatic N) is 1. The van der Waals surface area contributed by atoms with E-state index in [9.17, 15) is 26.4 Å². The lowest BCUT2D eigenvalue weighted by molar-refractivity contribution is -0.142. The van der Waals surface area contributed by atoms with Gasteiger partial charge in [-0.1, -0.05) is 12.1 Å². The molecule has 33 heavy (non-hydrogen) atoms. The number of hydrogen-bond acceptors (Lipinski definition) is 7. The summed E-state index contributed by atoms with van der Waals surface area (Å²) in [7, 11) is 0.140. The molecular weight excluding hydrogens is 461 g/mol. The highest BCUT2D eigenvalue weighted by Gasteiger charge is 2.33. The quantitative estimate of drug-likeness (QED) is 0.351. The number of sulfone groups is 1. The monoisotopic (exact) mass is 486 g/mol.